The second kappa shape index (κ2) is 15.8. The van der Waals surface area contributed by atoms with E-state index in [2.05, 4.69) is 0 Å². The van der Waals surface area contributed by atoms with Crippen molar-refractivity contribution in [1.29, 1.82) is 0 Å². The maximum atomic E-state index is 14.7. The summed E-state index contributed by atoms with van der Waals surface area (Å²) in [5, 5.41) is 66.5. The summed E-state index contributed by atoms with van der Waals surface area (Å²) in [6, 6.07) is 2.76. The number of carbonyl (C=O) groups excluding carboxylic acids is 4. The zero-order valence-electron chi connectivity index (χ0n) is 34.1. The fraction of sp³-hybridized carbons (Fsp3) is 0.674. The number of hydrogen-bond donors (Lipinski definition) is 6. The van der Waals surface area contributed by atoms with Crippen LogP contribution in [0.25, 0.3) is 0 Å². The highest BCUT2D eigenvalue weighted by Gasteiger charge is 2.69. The van der Waals surface area contributed by atoms with Crippen molar-refractivity contribution < 1.29 is 83.0 Å². The van der Waals surface area contributed by atoms with E-state index in [1.807, 2.05) is 0 Å². The van der Waals surface area contributed by atoms with Gasteiger partial charge >= 0.3 is 0 Å². The maximum absolute atomic E-state index is 14.7. The van der Waals surface area contributed by atoms with Crippen molar-refractivity contribution in [2.24, 2.45) is 0 Å². The quantitative estimate of drug-likeness (QED) is 0.228. The Labute approximate surface area is 346 Å². The van der Waals surface area contributed by atoms with Crippen LogP contribution in [0.2, 0.25) is 0 Å². The number of fused-ring (bicyclic) bond motifs is 3. The Morgan fingerprint density at radius 3 is 2.15 bits per heavy atom. The first-order chi connectivity index (χ1) is 28.2. The molecule has 4 aliphatic heterocycles. The van der Waals surface area contributed by atoms with Crippen LogP contribution in [0, 0.1) is 0 Å². The van der Waals surface area contributed by atoms with Gasteiger partial charge in [0.05, 0.1) is 72.0 Å². The average molecular weight is 843 g/mol. The minimum absolute atomic E-state index is 0.0210. The smallest absolute Gasteiger partial charge is 0.198 e. The molecule has 0 aromatic heterocycles. The molecule has 1 saturated carbocycles. The van der Waals surface area contributed by atoms with Crippen molar-refractivity contribution in [3.63, 3.8) is 0 Å². The summed E-state index contributed by atoms with van der Waals surface area (Å²) in [6.07, 6.45) is -8.21. The minimum atomic E-state index is -2.47. The molecule has 0 bridgehead atoms. The number of allylic oxidation sites excluding steroid dienone is 2. The normalized spacial score (nSPS) is 44.7. The molecular formula is C43H54O17. The van der Waals surface area contributed by atoms with Gasteiger partial charge in [0.25, 0.3) is 0 Å². The number of aliphatic hydroxyl groups excluding tert-OH is 3. The lowest BCUT2D eigenvalue weighted by atomic mass is 9.57. The molecule has 0 amide bonds. The number of aromatic hydroxyl groups is 1. The number of ether oxygens (including phenoxy) is 7. The van der Waals surface area contributed by atoms with Crippen LogP contribution < -0.4 is 0 Å². The van der Waals surface area contributed by atoms with Gasteiger partial charge in [0.1, 0.15) is 23.6 Å². The molecule has 4 saturated heterocycles. The molecule has 1 aromatic rings. The molecule has 6 N–H and O–H groups in total. The first-order valence-electron chi connectivity index (χ1n) is 20.8. The summed E-state index contributed by atoms with van der Waals surface area (Å²) in [5.74, 6) is -3.41. The van der Waals surface area contributed by atoms with Crippen LogP contribution in [0.1, 0.15) is 118 Å². The summed E-state index contributed by atoms with van der Waals surface area (Å²) < 4.78 is 42.5. The van der Waals surface area contributed by atoms with Gasteiger partial charge < -0.3 is 63.8 Å². The van der Waals surface area contributed by atoms with Gasteiger partial charge in [0, 0.05) is 48.8 Å². The van der Waals surface area contributed by atoms with Crippen LogP contribution in [0.15, 0.2) is 35.4 Å². The van der Waals surface area contributed by atoms with Crippen molar-refractivity contribution in [2.45, 2.75) is 183 Å². The van der Waals surface area contributed by atoms with Crippen LogP contribution in [-0.4, -0.2) is 144 Å². The molecule has 4 heterocycles. The van der Waals surface area contributed by atoms with Gasteiger partial charge in [-0.25, -0.2) is 0 Å². The summed E-state index contributed by atoms with van der Waals surface area (Å²) in [5.41, 5.74) is -7.59. The Bertz CT molecular complexity index is 1990. The highest BCUT2D eigenvalue weighted by atomic mass is 16.7. The first kappa shape index (κ1) is 43.4. The van der Waals surface area contributed by atoms with Crippen LogP contribution in [-0.2, 0) is 42.7 Å². The molecule has 328 valence electrons. The van der Waals surface area contributed by atoms with Gasteiger partial charge in [-0.3, -0.25) is 19.2 Å². The van der Waals surface area contributed by atoms with E-state index in [9.17, 15) is 49.8 Å². The SMILES string of the molecule is C[C@@H]1O[C@@H](O[C@@H]2C[C@H](c3ccc4c(c3O)C(=O)C3=C(C4=O)[C@@]4(O[C@H]5CC[C@H](O)[C@H](C)O5)C(=O)CC(C)(O)C[C@@]4(O)C=C3)O[C@H](C)[C@H]2O)CC[C@@H]1O[C@H]1CC(=O)[C@H](O)[C@@H](C)O1. The van der Waals surface area contributed by atoms with Crippen LogP contribution >= 0.6 is 0 Å². The fourth-order valence-electron chi connectivity index (χ4n) is 9.95. The molecule has 17 heteroatoms. The number of rotatable bonds is 7. The Morgan fingerprint density at radius 1 is 0.767 bits per heavy atom. The third-order valence-corrected chi connectivity index (χ3v) is 13.2. The largest absolute Gasteiger partial charge is 0.507 e. The standard InChI is InChI=1S/C43H54O17/c1-18-25(44)8-10-32(55-18)60-43-30(46)16-41(5,52)17-42(43,53)13-12-24-35(43)40(51)23-7-6-22(38(49)34(23)39(24)50)28-15-29(37(48)21(4)54-28)59-31-11-9-27(19(2)56-31)58-33-14-26(45)36(47)20(3)57-33/h6-7,12-13,18-21,25,27-29,31-33,36-37,44,47-49,52-53H,8-11,14-17H2,1-5H3/t18-,19-,20+,21+,25-,27-,28+,29+,31-,32-,33-,36+,37+,41?,42-,43-/m0/s1. The van der Waals surface area contributed by atoms with Crippen molar-refractivity contribution in [3.8, 4) is 5.75 Å². The zero-order chi connectivity index (χ0) is 43.2. The van der Waals surface area contributed by atoms with E-state index in [1.54, 1.807) is 27.7 Å². The fourth-order valence-corrected chi connectivity index (χ4v) is 9.95. The van der Waals surface area contributed by atoms with Crippen molar-refractivity contribution in [3.05, 3.63) is 52.1 Å². The lowest BCUT2D eigenvalue weighted by Crippen LogP contribution is -2.71. The molecule has 7 aliphatic rings. The number of benzene rings is 1. The van der Waals surface area contributed by atoms with Crippen LogP contribution in [0.4, 0.5) is 0 Å². The second-order valence-corrected chi connectivity index (χ2v) is 17.8. The van der Waals surface area contributed by atoms with E-state index in [-0.39, 0.29) is 53.7 Å². The lowest BCUT2D eigenvalue weighted by Gasteiger charge is -2.55. The molecule has 17 nitrogen and oxygen atoms in total. The van der Waals surface area contributed by atoms with E-state index in [0.717, 1.165) is 0 Å². The Hall–Kier alpha value is -3.30. The monoisotopic (exact) mass is 842 g/mol. The number of Topliss-reactive ketones (excluding diaryl/α,β-unsaturated/α-hetero) is 4. The van der Waals surface area contributed by atoms with E-state index in [0.29, 0.717) is 12.8 Å². The minimum Gasteiger partial charge on any atom is -0.507 e. The number of ketones is 4. The first-order valence-corrected chi connectivity index (χ1v) is 20.8. The number of hydrogen-bond acceptors (Lipinski definition) is 17. The van der Waals surface area contributed by atoms with Crippen molar-refractivity contribution >= 4 is 23.1 Å². The van der Waals surface area contributed by atoms with Crippen LogP contribution in [0.5, 0.6) is 5.75 Å². The summed E-state index contributed by atoms with van der Waals surface area (Å²) in [7, 11) is 0. The number of aliphatic hydroxyl groups is 5. The summed E-state index contributed by atoms with van der Waals surface area (Å²) in [6.45, 7) is 8.02. The van der Waals surface area contributed by atoms with Gasteiger partial charge in [0.2, 0.25) is 0 Å². The predicted molar refractivity (Wildman–Crippen MR) is 203 cm³/mol. The molecule has 0 radical (unpaired) electrons. The van der Waals surface area contributed by atoms with Gasteiger partial charge in [0.15, 0.2) is 47.6 Å². The number of phenols is 1. The average Bonchev–Trinajstić information content (AvgIpc) is 3.17. The summed E-state index contributed by atoms with van der Waals surface area (Å²) >= 11 is 0. The van der Waals surface area contributed by atoms with E-state index in [4.69, 9.17) is 33.2 Å². The highest BCUT2D eigenvalue weighted by Crippen LogP contribution is 2.54. The molecule has 0 spiro atoms. The third-order valence-electron chi connectivity index (χ3n) is 13.2. The van der Waals surface area contributed by atoms with Gasteiger partial charge in [-0.2, -0.15) is 0 Å². The predicted octanol–water partition coefficient (Wildman–Crippen LogP) is 1.69. The Kier molecular flexibility index (Phi) is 11.4. The van der Waals surface area contributed by atoms with Gasteiger partial charge in [-0.1, -0.05) is 12.1 Å². The van der Waals surface area contributed by atoms with Crippen LogP contribution in [0.3, 0.4) is 0 Å². The molecule has 1 aromatic carbocycles. The Balaban J connectivity index is 1.03. The maximum Gasteiger partial charge on any atom is 0.198 e. The topological polar surface area (TPSA) is 254 Å². The molecule has 16 atom stereocenters. The lowest BCUT2D eigenvalue weighted by molar-refractivity contribution is -0.296. The molecule has 8 rings (SSSR count). The number of carbonyl (C=O) groups is 4. The Morgan fingerprint density at radius 2 is 1.45 bits per heavy atom. The van der Waals surface area contributed by atoms with Crippen molar-refractivity contribution in [2.75, 3.05) is 0 Å². The van der Waals surface area contributed by atoms with Gasteiger partial charge in [-0.05, 0) is 59.6 Å². The second-order valence-electron chi connectivity index (χ2n) is 17.8. The van der Waals surface area contributed by atoms with E-state index >= 15 is 0 Å². The molecule has 3 aliphatic carbocycles. The molecular weight excluding hydrogens is 788 g/mol. The van der Waals surface area contributed by atoms with Crippen molar-refractivity contribution in [1.82, 2.24) is 0 Å². The van der Waals surface area contributed by atoms with E-state index in [1.165, 1.54) is 31.2 Å². The molecule has 60 heavy (non-hydrogen) atoms. The summed E-state index contributed by atoms with van der Waals surface area (Å²) in [4.78, 5) is 55.7. The third kappa shape index (κ3) is 7.33. The van der Waals surface area contributed by atoms with Gasteiger partial charge in [-0.15, -0.1) is 0 Å². The van der Waals surface area contributed by atoms with E-state index < -0.39 is 138 Å². The zero-order valence-corrected chi connectivity index (χ0v) is 34.1. The molecule has 1 unspecified atom stereocenters. The highest BCUT2D eigenvalue weighted by molar-refractivity contribution is 6.32. The number of phenolic OH excluding ortho intramolecular Hbond substituents is 1. The molecule has 5 fully saturated rings.